The van der Waals surface area contributed by atoms with Crippen LogP contribution in [0.1, 0.15) is 18.4 Å². The normalized spacial score (nSPS) is 18.7. The summed E-state index contributed by atoms with van der Waals surface area (Å²) in [6, 6.07) is 16.2. The molecule has 0 atom stereocenters. The van der Waals surface area contributed by atoms with Crippen LogP contribution in [0.3, 0.4) is 0 Å². The molecule has 2 aromatic heterocycles. The number of ether oxygens (including phenoxy) is 1. The Kier molecular flexibility index (Phi) is 5.42. The molecule has 2 fully saturated rings. The summed E-state index contributed by atoms with van der Waals surface area (Å²) in [6.07, 6.45) is 7.03. The lowest BCUT2D eigenvalue weighted by Gasteiger charge is -2.43. The highest BCUT2D eigenvalue weighted by Gasteiger charge is 2.44. The molecule has 5 rings (SSSR count). The van der Waals surface area contributed by atoms with E-state index in [0.717, 1.165) is 43.1 Å². The fourth-order valence-corrected chi connectivity index (χ4v) is 4.68. The minimum absolute atomic E-state index is 0.234. The predicted molar refractivity (Wildman–Crippen MR) is 118 cm³/mol. The second-order valence-corrected chi connectivity index (χ2v) is 8.16. The zero-order valence-electron chi connectivity index (χ0n) is 17.6. The summed E-state index contributed by atoms with van der Waals surface area (Å²) < 4.78 is 7.58. The number of amides is 1. The number of hydrogen-bond acceptors (Lipinski definition) is 5. The molecule has 2 saturated heterocycles. The van der Waals surface area contributed by atoms with E-state index in [1.807, 2.05) is 58.3 Å². The third kappa shape index (κ3) is 3.81. The molecular weight excluding hydrogens is 390 g/mol. The van der Waals surface area contributed by atoms with Gasteiger partial charge in [0.25, 0.3) is 0 Å². The van der Waals surface area contributed by atoms with Crippen LogP contribution in [-0.4, -0.2) is 64.7 Å². The summed E-state index contributed by atoms with van der Waals surface area (Å²) in [5.74, 6) is 1.98. The highest BCUT2D eigenvalue weighted by atomic mass is 16.5. The molecule has 2 aliphatic rings. The van der Waals surface area contributed by atoms with Crippen LogP contribution in [-0.2, 0) is 14.9 Å². The number of hydrogen-bond donors (Lipinski definition) is 0. The molecule has 2 aliphatic heterocycles. The Morgan fingerprint density at radius 3 is 2.26 bits per heavy atom. The molecule has 0 radical (unpaired) electrons. The van der Waals surface area contributed by atoms with E-state index in [4.69, 9.17) is 4.74 Å². The molecule has 1 amide bonds. The van der Waals surface area contributed by atoms with Gasteiger partial charge in [-0.1, -0.05) is 30.3 Å². The number of aromatic nitrogens is 3. The highest BCUT2D eigenvalue weighted by molar-refractivity contribution is 5.88. The Morgan fingerprint density at radius 1 is 0.871 bits per heavy atom. The smallest absolute Gasteiger partial charge is 0.233 e. The Hall–Kier alpha value is -3.19. The van der Waals surface area contributed by atoms with Crippen molar-refractivity contribution in [2.45, 2.75) is 18.3 Å². The van der Waals surface area contributed by atoms with Gasteiger partial charge >= 0.3 is 0 Å². The number of carbonyl (C=O) groups excluding carboxylic acids is 1. The minimum Gasteiger partial charge on any atom is -0.381 e. The van der Waals surface area contributed by atoms with Crippen molar-refractivity contribution < 1.29 is 9.53 Å². The van der Waals surface area contributed by atoms with E-state index in [1.165, 1.54) is 0 Å². The van der Waals surface area contributed by atoms with Crippen LogP contribution in [0.2, 0.25) is 0 Å². The fourth-order valence-electron chi connectivity index (χ4n) is 4.68. The van der Waals surface area contributed by atoms with E-state index in [9.17, 15) is 4.79 Å². The van der Waals surface area contributed by atoms with Crippen LogP contribution in [0.4, 0.5) is 5.82 Å². The van der Waals surface area contributed by atoms with Crippen LogP contribution >= 0.6 is 0 Å². The summed E-state index contributed by atoms with van der Waals surface area (Å²) in [7, 11) is 0. The molecular formula is C24H27N5O2. The molecule has 0 aliphatic carbocycles. The second kappa shape index (κ2) is 8.51. The van der Waals surface area contributed by atoms with Crippen LogP contribution in [0, 0.1) is 0 Å². The average molecular weight is 418 g/mol. The minimum atomic E-state index is -0.474. The number of benzene rings is 1. The molecule has 0 N–H and O–H groups in total. The summed E-state index contributed by atoms with van der Waals surface area (Å²) in [5, 5.41) is 0. The van der Waals surface area contributed by atoms with Crippen molar-refractivity contribution in [3.05, 3.63) is 72.8 Å². The van der Waals surface area contributed by atoms with E-state index in [1.54, 1.807) is 6.33 Å². The maximum atomic E-state index is 13.8. The van der Waals surface area contributed by atoms with Crippen molar-refractivity contribution in [2.75, 3.05) is 44.3 Å². The second-order valence-electron chi connectivity index (χ2n) is 8.16. The van der Waals surface area contributed by atoms with Gasteiger partial charge < -0.3 is 19.1 Å². The van der Waals surface area contributed by atoms with E-state index in [-0.39, 0.29) is 5.91 Å². The van der Waals surface area contributed by atoms with Crippen LogP contribution in [0.5, 0.6) is 0 Å². The van der Waals surface area contributed by atoms with Crippen LogP contribution in [0.15, 0.2) is 67.3 Å². The van der Waals surface area contributed by atoms with Crippen LogP contribution in [0.25, 0.3) is 5.82 Å². The van der Waals surface area contributed by atoms with Gasteiger partial charge in [-0.05, 0) is 30.5 Å². The lowest BCUT2D eigenvalue weighted by Crippen LogP contribution is -2.56. The molecule has 0 saturated carbocycles. The summed E-state index contributed by atoms with van der Waals surface area (Å²) >= 11 is 0. The zero-order valence-corrected chi connectivity index (χ0v) is 17.6. The van der Waals surface area contributed by atoms with Gasteiger partial charge in [0, 0.05) is 57.9 Å². The highest BCUT2D eigenvalue weighted by Crippen LogP contribution is 2.37. The number of rotatable bonds is 4. The summed E-state index contributed by atoms with van der Waals surface area (Å²) in [5.41, 5.74) is 0.635. The van der Waals surface area contributed by atoms with Gasteiger partial charge in [-0.15, -0.1) is 0 Å². The molecule has 1 aromatic carbocycles. The molecule has 31 heavy (non-hydrogen) atoms. The van der Waals surface area contributed by atoms with E-state index < -0.39 is 5.41 Å². The first-order valence-electron chi connectivity index (χ1n) is 10.9. The first kappa shape index (κ1) is 19.8. The molecule has 0 unspecified atom stereocenters. The predicted octanol–water partition coefficient (Wildman–Crippen LogP) is 2.66. The van der Waals surface area contributed by atoms with Gasteiger partial charge in [0.2, 0.25) is 5.91 Å². The molecule has 3 aromatic rings. The quantitative estimate of drug-likeness (QED) is 0.653. The molecule has 0 bridgehead atoms. The van der Waals surface area contributed by atoms with Gasteiger partial charge in [-0.3, -0.25) is 4.79 Å². The van der Waals surface area contributed by atoms with E-state index in [2.05, 4.69) is 27.0 Å². The van der Waals surface area contributed by atoms with Gasteiger partial charge in [0.15, 0.2) is 0 Å². The largest absolute Gasteiger partial charge is 0.381 e. The van der Waals surface area contributed by atoms with E-state index >= 15 is 0 Å². The van der Waals surface area contributed by atoms with Crippen molar-refractivity contribution in [3.63, 3.8) is 0 Å². The lowest BCUT2D eigenvalue weighted by atomic mass is 9.73. The topological polar surface area (TPSA) is 63.5 Å². The zero-order chi connectivity index (χ0) is 21.1. The Morgan fingerprint density at radius 2 is 1.55 bits per heavy atom. The van der Waals surface area contributed by atoms with Gasteiger partial charge in [-0.2, -0.15) is 0 Å². The first-order valence-corrected chi connectivity index (χ1v) is 10.9. The molecule has 0 spiro atoms. The van der Waals surface area contributed by atoms with Gasteiger partial charge in [0.05, 0.1) is 5.41 Å². The van der Waals surface area contributed by atoms with Crippen molar-refractivity contribution in [1.29, 1.82) is 0 Å². The molecule has 160 valence electrons. The average Bonchev–Trinajstić information content (AvgIpc) is 3.40. The maximum absolute atomic E-state index is 13.8. The van der Waals surface area contributed by atoms with Gasteiger partial charge in [-0.25, -0.2) is 9.97 Å². The molecule has 7 nitrogen and oxygen atoms in total. The number of anilines is 1. The van der Waals surface area contributed by atoms with Crippen molar-refractivity contribution in [3.8, 4) is 5.82 Å². The maximum Gasteiger partial charge on any atom is 0.233 e. The Bertz CT molecular complexity index is 1010. The first-order chi connectivity index (χ1) is 15.3. The van der Waals surface area contributed by atoms with Crippen molar-refractivity contribution in [1.82, 2.24) is 19.4 Å². The summed E-state index contributed by atoms with van der Waals surface area (Å²) in [6.45, 7) is 4.16. The summed E-state index contributed by atoms with van der Waals surface area (Å²) in [4.78, 5) is 26.9. The lowest BCUT2D eigenvalue weighted by molar-refractivity contribution is -0.141. The number of piperazine rings is 1. The monoisotopic (exact) mass is 417 g/mol. The number of carbonyl (C=O) groups is 1. The van der Waals surface area contributed by atoms with Gasteiger partial charge in [0.1, 0.15) is 18.0 Å². The Balaban J connectivity index is 1.31. The number of nitrogens with zero attached hydrogens (tertiary/aromatic N) is 5. The molecule has 7 heteroatoms. The fraction of sp³-hybridized carbons (Fsp3) is 0.375. The Labute approximate surface area is 182 Å². The van der Waals surface area contributed by atoms with E-state index in [0.29, 0.717) is 26.3 Å². The van der Waals surface area contributed by atoms with Crippen molar-refractivity contribution >= 4 is 11.7 Å². The van der Waals surface area contributed by atoms with Crippen molar-refractivity contribution in [2.24, 2.45) is 0 Å². The SMILES string of the molecule is O=C(N1CCN(c2cc(-n3cccc3)ncn2)CC1)C1(c2ccccc2)CCOCC1. The third-order valence-corrected chi connectivity index (χ3v) is 6.48. The van der Waals surface area contributed by atoms with Crippen LogP contribution < -0.4 is 4.90 Å². The standard InChI is InChI=1S/C24H27N5O2/c30-23(24(8-16-31-17-9-24)20-6-2-1-3-7-20)29-14-12-28(13-15-29)22-18-21(25-19-26-22)27-10-4-5-11-27/h1-7,10-11,18-19H,8-9,12-17H2. The molecule has 4 heterocycles. The third-order valence-electron chi connectivity index (χ3n) is 6.48.